The van der Waals surface area contributed by atoms with E-state index in [1.54, 1.807) is 0 Å². The first-order chi connectivity index (χ1) is 13.5. The Morgan fingerprint density at radius 1 is 0.429 bits per heavy atom. The van der Waals surface area contributed by atoms with Crippen molar-refractivity contribution >= 4 is 18.1 Å². The normalized spacial score (nSPS) is 12.1. The molecule has 2 rings (SSSR count). The summed E-state index contributed by atoms with van der Waals surface area (Å²) >= 11 is 0. The zero-order valence-electron chi connectivity index (χ0n) is 16.9. The van der Waals surface area contributed by atoms with Crippen LogP contribution in [0.3, 0.4) is 0 Å². The number of benzene rings is 2. The Morgan fingerprint density at radius 2 is 0.679 bits per heavy atom. The third kappa shape index (κ3) is 5.18. The van der Waals surface area contributed by atoms with E-state index in [0.29, 0.717) is 11.5 Å². The molecule has 0 fully saturated rings. The number of hydrogen-bond acceptors (Lipinski definition) is 8. The molecule has 0 saturated heterocycles. The van der Waals surface area contributed by atoms with Gasteiger partial charge in [-0.15, -0.1) is 0 Å². The maximum atomic E-state index is 5.77. The van der Waals surface area contributed by atoms with Crippen LogP contribution >= 0.6 is 0 Å². The highest BCUT2D eigenvalue weighted by Crippen LogP contribution is 2.27. The quantitative estimate of drug-likeness (QED) is 0.508. The number of rotatable bonds is 11. The second-order valence-corrected chi connectivity index (χ2v) is 10.3. The van der Waals surface area contributed by atoms with Crippen LogP contribution in [-0.4, -0.2) is 60.8 Å². The smallest absolute Gasteiger partial charge is 0.480 e. The molecule has 2 aromatic rings. The van der Waals surface area contributed by atoms with Gasteiger partial charge in [-0.3, -0.25) is 0 Å². The van der Waals surface area contributed by atoms with Crippen LogP contribution in [0.5, 0.6) is 11.5 Å². The van der Waals surface area contributed by atoms with Gasteiger partial charge >= 0.3 is 18.1 Å². The average molecular weight is 427 g/mol. The van der Waals surface area contributed by atoms with Gasteiger partial charge in [-0.05, 0) is 35.4 Å². The fourth-order valence-corrected chi connectivity index (χ4v) is 4.82. The lowest BCUT2D eigenvalue weighted by Crippen LogP contribution is -2.49. The predicted molar refractivity (Wildman–Crippen MR) is 107 cm³/mol. The molecule has 0 aliphatic carbocycles. The first-order valence-electron chi connectivity index (χ1n) is 8.38. The lowest BCUT2D eigenvalue weighted by Gasteiger charge is -2.23. The molecule has 0 aliphatic rings. The molecule has 0 heterocycles. The highest BCUT2D eigenvalue weighted by molar-refractivity contribution is 6.54. The summed E-state index contributed by atoms with van der Waals surface area (Å²) in [5.41, 5.74) is 2.01. The van der Waals surface area contributed by atoms with E-state index in [-0.39, 0.29) is 0 Å². The zero-order chi connectivity index (χ0) is 20.6. The minimum Gasteiger partial charge on any atom is -0.480 e. The highest BCUT2D eigenvalue weighted by atomic mass is 28.4. The van der Waals surface area contributed by atoms with Gasteiger partial charge in [0.2, 0.25) is 0 Å². The molecule has 0 radical (unpaired) electrons. The van der Waals surface area contributed by atoms with Crippen molar-refractivity contribution < 1.29 is 35.4 Å². The van der Waals surface area contributed by atoms with E-state index < -0.39 is 18.1 Å². The molecule has 0 aliphatic heterocycles. The van der Waals surface area contributed by atoms with Gasteiger partial charge < -0.3 is 35.4 Å². The molecule has 154 valence electrons. The Hall–Kier alpha value is -1.77. The number of hydrogen-bond donors (Lipinski definition) is 0. The topological polar surface area (TPSA) is 73.8 Å². The summed E-state index contributed by atoms with van der Waals surface area (Å²) in [7, 11) is 2.66. The van der Waals surface area contributed by atoms with Crippen molar-refractivity contribution in [3.8, 4) is 22.6 Å². The van der Waals surface area contributed by atoms with Gasteiger partial charge in [0.1, 0.15) is 11.5 Å². The molecule has 0 amide bonds. The zero-order valence-corrected chi connectivity index (χ0v) is 18.9. The SMILES string of the molecule is CO[Si](OC)(OC)Oc1ccc(-c2ccc(O[Si](OC)(OC)OC)cc2)cc1. The average Bonchev–Trinajstić information content (AvgIpc) is 2.77. The van der Waals surface area contributed by atoms with E-state index in [0.717, 1.165) is 11.1 Å². The Balaban J connectivity index is 2.12. The molecule has 0 N–H and O–H groups in total. The summed E-state index contributed by atoms with van der Waals surface area (Å²) in [5, 5.41) is 0. The second kappa shape index (κ2) is 10.1. The molecule has 0 unspecified atom stereocenters. The van der Waals surface area contributed by atoms with Gasteiger partial charge in [0.05, 0.1) is 0 Å². The van der Waals surface area contributed by atoms with Gasteiger partial charge in [0, 0.05) is 42.7 Å². The molecule has 0 saturated carbocycles. The summed E-state index contributed by atoms with van der Waals surface area (Å²) < 4.78 is 43.1. The minimum absolute atomic E-state index is 0.594. The van der Waals surface area contributed by atoms with Gasteiger partial charge in [-0.1, -0.05) is 24.3 Å². The molecular formula is C18H26O8Si2. The van der Waals surface area contributed by atoms with Crippen LogP contribution in [0.1, 0.15) is 0 Å². The highest BCUT2D eigenvalue weighted by Gasteiger charge is 2.46. The first-order valence-corrected chi connectivity index (χ1v) is 11.6. The van der Waals surface area contributed by atoms with Crippen molar-refractivity contribution in [2.45, 2.75) is 0 Å². The third-order valence-corrected chi connectivity index (χ3v) is 8.00. The van der Waals surface area contributed by atoms with Crippen LogP contribution in [-0.2, 0) is 26.6 Å². The third-order valence-electron chi connectivity index (χ3n) is 4.03. The Kier molecular flexibility index (Phi) is 8.15. The van der Waals surface area contributed by atoms with Crippen LogP contribution in [0.15, 0.2) is 48.5 Å². The van der Waals surface area contributed by atoms with E-state index in [1.807, 2.05) is 48.5 Å². The maximum absolute atomic E-state index is 5.77. The van der Waals surface area contributed by atoms with Gasteiger partial charge in [-0.2, -0.15) is 0 Å². The van der Waals surface area contributed by atoms with Gasteiger partial charge in [-0.25, -0.2) is 0 Å². The molecule has 0 bridgehead atoms. The van der Waals surface area contributed by atoms with Crippen molar-refractivity contribution in [1.82, 2.24) is 0 Å². The molecule has 0 spiro atoms. The molecular weight excluding hydrogens is 400 g/mol. The van der Waals surface area contributed by atoms with Gasteiger partial charge in [0.15, 0.2) is 0 Å². The summed E-state index contributed by atoms with van der Waals surface area (Å²) in [6.07, 6.45) is 0. The van der Waals surface area contributed by atoms with Crippen molar-refractivity contribution in [2.75, 3.05) is 42.7 Å². The fourth-order valence-electron chi connectivity index (χ4n) is 2.47. The van der Waals surface area contributed by atoms with E-state index >= 15 is 0 Å². The van der Waals surface area contributed by atoms with Crippen LogP contribution in [0, 0.1) is 0 Å². The standard InChI is InChI=1S/C18H26O8Si2/c1-19-27(20-2,21-3)25-17-11-7-15(8-12-17)16-9-13-18(14-10-16)26-28(22-4,23-5)24-6/h7-14H,1-6H3. The predicted octanol–water partition coefficient (Wildman–Crippen LogP) is 2.86. The Labute approximate surface area is 167 Å². The van der Waals surface area contributed by atoms with Crippen molar-refractivity contribution in [2.24, 2.45) is 0 Å². The molecule has 0 atom stereocenters. The van der Waals surface area contributed by atoms with E-state index in [9.17, 15) is 0 Å². The van der Waals surface area contributed by atoms with Crippen LogP contribution in [0.25, 0.3) is 11.1 Å². The van der Waals surface area contributed by atoms with Crippen molar-refractivity contribution in [3.05, 3.63) is 48.5 Å². The lowest BCUT2D eigenvalue weighted by molar-refractivity contribution is 0.0503. The van der Waals surface area contributed by atoms with E-state index in [4.69, 9.17) is 35.4 Å². The molecule has 0 aromatic heterocycles. The fraction of sp³-hybridized carbons (Fsp3) is 0.333. The van der Waals surface area contributed by atoms with Gasteiger partial charge in [0.25, 0.3) is 0 Å². The van der Waals surface area contributed by atoms with Crippen LogP contribution in [0.4, 0.5) is 0 Å². The van der Waals surface area contributed by atoms with Crippen molar-refractivity contribution in [1.29, 1.82) is 0 Å². The van der Waals surface area contributed by atoms with Crippen LogP contribution in [0.2, 0.25) is 0 Å². The minimum atomic E-state index is -3.14. The monoisotopic (exact) mass is 426 g/mol. The molecule has 8 nitrogen and oxygen atoms in total. The summed E-state index contributed by atoms with van der Waals surface area (Å²) in [5.74, 6) is 1.19. The summed E-state index contributed by atoms with van der Waals surface area (Å²) in [6, 6.07) is 15.1. The van der Waals surface area contributed by atoms with Crippen LogP contribution < -0.4 is 8.85 Å². The lowest BCUT2D eigenvalue weighted by atomic mass is 10.1. The molecule has 10 heteroatoms. The maximum Gasteiger partial charge on any atom is 0.748 e. The molecule has 28 heavy (non-hydrogen) atoms. The van der Waals surface area contributed by atoms with Crippen molar-refractivity contribution in [3.63, 3.8) is 0 Å². The van der Waals surface area contributed by atoms with E-state index in [1.165, 1.54) is 42.7 Å². The Morgan fingerprint density at radius 3 is 0.893 bits per heavy atom. The summed E-state index contributed by atoms with van der Waals surface area (Å²) in [6.45, 7) is 0. The molecule has 2 aromatic carbocycles. The Bertz CT molecular complexity index is 635. The largest absolute Gasteiger partial charge is 0.748 e. The van der Waals surface area contributed by atoms with E-state index in [2.05, 4.69) is 0 Å². The summed E-state index contributed by atoms with van der Waals surface area (Å²) in [4.78, 5) is 0. The second-order valence-electron chi connectivity index (χ2n) is 5.48. The first kappa shape index (κ1) is 22.5.